The van der Waals surface area contributed by atoms with E-state index >= 15 is 0 Å². The topological polar surface area (TPSA) is 72.2 Å². The molecule has 1 aromatic rings. The molecule has 0 saturated heterocycles. The van der Waals surface area contributed by atoms with E-state index in [1.165, 1.54) is 5.56 Å². The highest BCUT2D eigenvalue weighted by Gasteiger charge is 2.30. The average molecular weight is 258 g/mol. The maximum atomic E-state index is 11.9. The van der Waals surface area contributed by atoms with Crippen molar-refractivity contribution in [3.05, 3.63) is 28.8 Å². The van der Waals surface area contributed by atoms with E-state index in [0.29, 0.717) is 11.3 Å². The summed E-state index contributed by atoms with van der Waals surface area (Å²) in [7, 11) is 0. The van der Waals surface area contributed by atoms with Crippen LogP contribution in [-0.4, -0.2) is 11.8 Å². The van der Waals surface area contributed by atoms with E-state index < -0.39 is 5.91 Å². The number of nitrogens with one attached hydrogen (secondary N) is 1. The summed E-state index contributed by atoms with van der Waals surface area (Å²) in [5, 5.41) is 2.86. The summed E-state index contributed by atoms with van der Waals surface area (Å²) >= 11 is 0. The Bertz CT molecular complexity index is 547. The molecule has 4 nitrogen and oxygen atoms in total. The Balaban J connectivity index is 1.98. The molecule has 0 spiro atoms. The first-order valence-corrected chi connectivity index (χ1v) is 6.92. The Morgan fingerprint density at radius 2 is 1.89 bits per heavy atom. The summed E-state index contributed by atoms with van der Waals surface area (Å²) in [6, 6.07) is 3.84. The summed E-state index contributed by atoms with van der Waals surface area (Å²) in [6.07, 6.45) is 5.99. The Labute approximate surface area is 112 Å². The fraction of sp³-hybridized carbons (Fsp3) is 0.467. The van der Waals surface area contributed by atoms with Gasteiger partial charge in [0.15, 0.2) is 0 Å². The van der Waals surface area contributed by atoms with Gasteiger partial charge in [0.25, 0.3) is 5.91 Å². The van der Waals surface area contributed by atoms with E-state index in [1.54, 1.807) is 0 Å². The van der Waals surface area contributed by atoms with Crippen molar-refractivity contribution in [2.75, 3.05) is 5.32 Å². The summed E-state index contributed by atoms with van der Waals surface area (Å²) < 4.78 is 0. The van der Waals surface area contributed by atoms with Gasteiger partial charge in [-0.3, -0.25) is 9.59 Å². The van der Waals surface area contributed by atoms with E-state index in [1.807, 2.05) is 12.1 Å². The first-order valence-electron chi connectivity index (χ1n) is 6.92. The second kappa shape index (κ2) is 4.68. The molecule has 19 heavy (non-hydrogen) atoms. The van der Waals surface area contributed by atoms with Crippen molar-refractivity contribution in [3.63, 3.8) is 0 Å². The van der Waals surface area contributed by atoms with Crippen LogP contribution >= 0.6 is 0 Å². The second-order valence-corrected chi connectivity index (χ2v) is 5.46. The SMILES string of the molecule is NC(=O)c1c(NC(=O)C2CC2)ccc2c1CCCC2. The molecule has 0 radical (unpaired) electrons. The van der Waals surface area contributed by atoms with E-state index in [0.717, 1.165) is 44.1 Å². The number of nitrogens with two attached hydrogens (primary N) is 1. The number of anilines is 1. The zero-order valence-corrected chi connectivity index (χ0v) is 10.9. The van der Waals surface area contributed by atoms with Crippen LogP contribution in [0.1, 0.15) is 47.2 Å². The zero-order valence-electron chi connectivity index (χ0n) is 10.9. The number of hydrogen-bond acceptors (Lipinski definition) is 2. The summed E-state index contributed by atoms with van der Waals surface area (Å²) in [5.41, 5.74) is 8.86. The zero-order chi connectivity index (χ0) is 13.4. The standard InChI is InChI=1S/C15H18N2O2/c16-14(18)13-11-4-2-1-3-9(11)7-8-12(13)17-15(19)10-5-6-10/h7-8,10H,1-6H2,(H2,16,18)(H,17,19). The van der Waals surface area contributed by atoms with Gasteiger partial charge >= 0.3 is 0 Å². The molecule has 100 valence electrons. The number of hydrogen-bond donors (Lipinski definition) is 2. The normalized spacial score (nSPS) is 17.7. The molecule has 2 aliphatic carbocycles. The molecule has 1 fully saturated rings. The Morgan fingerprint density at radius 1 is 1.16 bits per heavy atom. The number of primary amides is 1. The van der Waals surface area contributed by atoms with Crippen LogP contribution in [0.2, 0.25) is 0 Å². The molecule has 3 N–H and O–H groups in total. The maximum absolute atomic E-state index is 11.9. The van der Waals surface area contributed by atoms with Gasteiger partial charge in [0.05, 0.1) is 11.3 Å². The Morgan fingerprint density at radius 3 is 2.58 bits per heavy atom. The van der Waals surface area contributed by atoms with E-state index in [9.17, 15) is 9.59 Å². The monoisotopic (exact) mass is 258 g/mol. The first kappa shape index (κ1) is 12.2. The lowest BCUT2D eigenvalue weighted by Crippen LogP contribution is -2.22. The molecular formula is C15H18N2O2. The minimum Gasteiger partial charge on any atom is -0.366 e. The van der Waals surface area contributed by atoms with Crippen LogP contribution in [0.5, 0.6) is 0 Å². The molecule has 0 unspecified atom stereocenters. The van der Waals surface area contributed by atoms with Crippen LogP contribution in [0.15, 0.2) is 12.1 Å². The predicted molar refractivity (Wildman–Crippen MR) is 73.0 cm³/mol. The lowest BCUT2D eigenvalue weighted by molar-refractivity contribution is -0.117. The molecule has 0 aliphatic heterocycles. The van der Waals surface area contributed by atoms with E-state index in [-0.39, 0.29) is 11.8 Å². The van der Waals surface area contributed by atoms with Gasteiger partial charge in [0.1, 0.15) is 0 Å². The molecule has 1 saturated carbocycles. The van der Waals surface area contributed by atoms with Crippen molar-refractivity contribution in [1.29, 1.82) is 0 Å². The van der Waals surface area contributed by atoms with Gasteiger partial charge in [0, 0.05) is 5.92 Å². The van der Waals surface area contributed by atoms with Gasteiger partial charge in [-0.2, -0.15) is 0 Å². The number of benzene rings is 1. The third-order valence-corrected chi connectivity index (χ3v) is 3.99. The fourth-order valence-corrected chi connectivity index (χ4v) is 2.79. The van der Waals surface area contributed by atoms with Crippen molar-refractivity contribution in [2.24, 2.45) is 11.7 Å². The summed E-state index contributed by atoms with van der Waals surface area (Å²) in [4.78, 5) is 23.6. The predicted octanol–water partition coefficient (Wildman–Crippen LogP) is 2.01. The largest absolute Gasteiger partial charge is 0.366 e. The highest BCUT2D eigenvalue weighted by atomic mass is 16.2. The number of carbonyl (C=O) groups excluding carboxylic acids is 2. The first-order chi connectivity index (χ1) is 9.16. The Kier molecular flexibility index (Phi) is 3.01. The molecule has 1 aromatic carbocycles. The molecule has 0 heterocycles. The highest BCUT2D eigenvalue weighted by molar-refractivity contribution is 6.05. The smallest absolute Gasteiger partial charge is 0.251 e. The molecule has 2 amide bonds. The quantitative estimate of drug-likeness (QED) is 0.870. The fourth-order valence-electron chi connectivity index (χ4n) is 2.79. The number of rotatable bonds is 3. The van der Waals surface area contributed by atoms with Gasteiger partial charge in [-0.05, 0) is 55.7 Å². The van der Waals surface area contributed by atoms with E-state index in [2.05, 4.69) is 5.32 Å². The van der Waals surface area contributed by atoms with Gasteiger partial charge in [-0.25, -0.2) is 0 Å². The van der Waals surface area contributed by atoms with Crippen molar-refractivity contribution < 1.29 is 9.59 Å². The molecule has 0 aromatic heterocycles. The molecule has 0 atom stereocenters. The van der Waals surface area contributed by atoms with Gasteiger partial charge in [-0.15, -0.1) is 0 Å². The van der Waals surface area contributed by atoms with Crippen LogP contribution in [0.4, 0.5) is 5.69 Å². The average Bonchev–Trinajstić information content (AvgIpc) is 3.22. The third kappa shape index (κ3) is 2.35. The van der Waals surface area contributed by atoms with Crippen molar-refractivity contribution >= 4 is 17.5 Å². The minimum absolute atomic E-state index is 0.0123. The van der Waals surface area contributed by atoms with Gasteiger partial charge < -0.3 is 11.1 Å². The number of fused-ring (bicyclic) bond motifs is 1. The summed E-state index contributed by atoms with van der Waals surface area (Å²) in [5.74, 6) is -0.306. The summed E-state index contributed by atoms with van der Waals surface area (Å²) in [6.45, 7) is 0. The van der Waals surface area contributed by atoms with Crippen molar-refractivity contribution in [2.45, 2.75) is 38.5 Å². The minimum atomic E-state index is -0.440. The maximum Gasteiger partial charge on any atom is 0.251 e. The Hall–Kier alpha value is -1.84. The molecule has 2 aliphatic rings. The van der Waals surface area contributed by atoms with Crippen LogP contribution in [-0.2, 0) is 17.6 Å². The van der Waals surface area contributed by atoms with Crippen LogP contribution < -0.4 is 11.1 Å². The third-order valence-electron chi connectivity index (χ3n) is 3.99. The molecule has 4 heteroatoms. The van der Waals surface area contributed by atoms with Gasteiger partial charge in [-0.1, -0.05) is 6.07 Å². The molecule has 3 rings (SSSR count). The lowest BCUT2D eigenvalue weighted by Gasteiger charge is -2.21. The number of amides is 2. The molecule has 0 bridgehead atoms. The molecular weight excluding hydrogens is 240 g/mol. The van der Waals surface area contributed by atoms with Crippen molar-refractivity contribution in [3.8, 4) is 0 Å². The lowest BCUT2D eigenvalue weighted by atomic mass is 9.87. The van der Waals surface area contributed by atoms with E-state index in [4.69, 9.17) is 5.73 Å². The van der Waals surface area contributed by atoms with Crippen molar-refractivity contribution in [1.82, 2.24) is 0 Å². The second-order valence-electron chi connectivity index (χ2n) is 5.46. The van der Waals surface area contributed by atoms with Crippen LogP contribution in [0.3, 0.4) is 0 Å². The highest BCUT2D eigenvalue weighted by Crippen LogP contribution is 2.33. The number of aryl methyl sites for hydroxylation is 1. The van der Waals surface area contributed by atoms with Crippen LogP contribution in [0, 0.1) is 5.92 Å². The van der Waals surface area contributed by atoms with Gasteiger partial charge in [0.2, 0.25) is 5.91 Å². The van der Waals surface area contributed by atoms with Crippen LogP contribution in [0.25, 0.3) is 0 Å². The number of carbonyl (C=O) groups is 2.